The first-order valence-electron chi connectivity index (χ1n) is 20.8. The van der Waals surface area contributed by atoms with Gasteiger partial charge in [-0.2, -0.15) is 0 Å². The summed E-state index contributed by atoms with van der Waals surface area (Å²) in [7, 11) is 0. The van der Waals surface area contributed by atoms with Gasteiger partial charge in [0, 0.05) is 33.1 Å². The normalized spacial score (nSPS) is 15.5. The fraction of sp³-hybridized carbons (Fsp3) is 0.158. The molecule has 1 heteroatoms. The van der Waals surface area contributed by atoms with E-state index >= 15 is 0 Å². The molecule has 280 valence electrons. The van der Waals surface area contributed by atoms with Crippen molar-refractivity contribution in [1.82, 2.24) is 0 Å². The Morgan fingerprint density at radius 2 is 0.724 bits per heavy atom. The van der Waals surface area contributed by atoms with Crippen LogP contribution in [-0.2, 0) is 16.2 Å². The predicted octanol–water partition coefficient (Wildman–Crippen LogP) is 15.4. The van der Waals surface area contributed by atoms with Gasteiger partial charge in [0.1, 0.15) is 0 Å². The minimum atomic E-state index is -0.118. The lowest BCUT2D eigenvalue weighted by Crippen LogP contribution is -2.16. The van der Waals surface area contributed by atoms with Crippen LogP contribution >= 0.6 is 0 Å². The number of benzene rings is 8. The van der Waals surface area contributed by atoms with Crippen LogP contribution in [0.5, 0.6) is 0 Å². The summed E-state index contributed by atoms with van der Waals surface area (Å²) in [5.41, 5.74) is 24.5. The van der Waals surface area contributed by atoms with E-state index in [4.69, 9.17) is 0 Å². The highest BCUT2D eigenvalue weighted by Crippen LogP contribution is 2.57. The van der Waals surface area contributed by atoms with Crippen LogP contribution in [0.25, 0.3) is 55.6 Å². The third kappa shape index (κ3) is 4.77. The zero-order chi connectivity index (χ0) is 39.6. The number of para-hydroxylation sites is 1. The van der Waals surface area contributed by atoms with Crippen molar-refractivity contribution in [3.05, 3.63) is 209 Å². The summed E-state index contributed by atoms with van der Waals surface area (Å²) in [4.78, 5) is 2.53. The Bertz CT molecular complexity index is 2970. The molecule has 11 rings (SSSR count). The average molecular weight is 746 g/mol. The van der Waals surface area contributed by atoms with Crippen LogP contribution in [0.15, 0.2) is 176 Å². The van der Waals surface area contributed by atoms with Gasteiger partial charge in [-0.25, -0.2) is 0 Å². The third-order valence-corrected chi connectivity index (χ3v) is 13.9. The summed E-state index contributed by atoms with van der Waals surface area (Å²) in [6, 6.07) is 66.2. The lowest BCUT2D eigenvalue weighted by Gasteiger charge is -2.31. The van der Waals surface area contributed by atoms with Crippen molar-refractivity contribution in [2.45, 2.75) is 57.8 Å². The summed E-state index contributed by atoms with van der Waals surface area (Å²) in [5, 5.41) is 0. The lowest BCUT2D eigenvalue weighted by atomic mass is 9.82. The molecule has 0 heterocycles. The van der Waals surface area contributed by atoms with E-state index in [0.29, 0.717) is 0 Å². The molecule has 0 bridgehead atoms. The first-order valence-corrected chi connectivity index (χ1v) is 20.8. The Morgan fingerprint density at radius 3 is 1.40 bits per heavy atom. The zero-order valence-corrected chi connectivity index (χ0v) is 34.2. The summed E-state index contributed by atoms with van der Waals surface area (Å²) in [5.74, 6) is 0. The Morgan fingerprint density at radius 1 is 0.293 bits per heavy atom. The van der Waals surface area contributed by atoms with Crippen molar-refractivity contribution in [2.24, 2.45) is 0 Å². The molecule has 0 aromatic heterocycles. The summed E-state index contributed by atoms with van der Waals surface area (Å²) >= 11 is 0. The van der Waals surface area contributed by atoms with Gasteiger partial charge >= 0.3 is 0 Å². The minimum absolute atomic E-state index is 0.0119. The van der Waals surface area contributed by atoms with Crippen molar-refractivity contribution in [3.63, 3.8) is 0 Å². The van der Waals surface area contributed by atoms with Gasteiger partial charge in [-0.1, -0.05) is 187 Å². The Balaban J connectivity index is 1.12. The maximum Gasteiger partial charge on any atom is 0.0543 e. The van der Waals surface area contributed by atoms with Crippen molar-refractivity contribution in [2.75, 3.05) is 4.90 Å². The molecule has 0 atom stereocenters. The lowest BCUT2D eigenvalue weighted by molar-refractivity contribution is 0.660. The van der Waals surface area contributed by atoms with Crippen LogP contribution in [0.2, 0.25) is 0 Å². The second-order valence-corrected chi connectivity index (χ2v) is 18.1. The zero-order valence-electron chi connectivity index (χ0n) is 34.2. The molecule has 0 saturated carbocycles. The van der Waals surface area contributed by atoms with Gasteiger partial charge in [0.05, 0.1) is 11.4 Å². The van der Waals surface area contributed by atoms with E-state index in [2.05, 4.69) is 222 Å². The molecule has 3 aliphatic carbocycles. The number of fused-ring (bicyclic) bond motifs is 9. The van der Waals surface area contributed by atoms with Crippen molar-refractivity contribution in [1.29, 1.82) is 0 Å². The molecule has 3 aliphatic rings. The van der Waals surface area contributed by atoms with Crippen LogP contribution in [0, 0.1) is 0 Å². The molecular weight excluding hydrogens is 699 g/mol. The molecule has 0 spiro atoms. The minimum Gasteiger partial charge on any atom is -0.309 e. The van der Waals surface area contributed by atoms with E-state index in [0.717, 1.165) is 11.4 Å². The molecule has 0 fully saturated rings. The standard InChI is InChI=1S/C57H47N/c1-55(2)45-22-11-7-17-39(45)44-35-37(31-34-48(44)55)36-29-32-38(33-30-36)58(52-28-16-26-50-54(52)43-20-9-13-24-47(43)57(50,5)6)51-27-14-10-18-40(51)41-21-15-25-49-53(41)42-19-8-12-23-46(42)56(49,3)4/h7-35H,1-6H3. The second kappa shape index (κ2) is 12.3. The van der Waals surface area contributed by atoms with Crippen molar-refractivity contribution >= 4 is 17.1 Å². The topological polar surface area (TPSA) is 3.24 Å². The molecular formula is C57H47N. The van der Waals surface area contributed by atoms with Crippen molar-refractivity contribution in [3.8, 4) is 55.6 Å². The molecule has 8 aromatic carbocycles. The van der Waals surface area contributed by atoms with E-state index in [1.54, 1.807) is 0 Å². The highest BCUT2D eigenvalue weighted by atomic mass is 15.1. The van der Waals surface area contributed by atoms with Gasteiger partial charge in [0.2, 0.25) is 0 Å². The van der Waals surface area contributed by atoms with Gasteiger partial charge < -0.3 is 4.90 Å². The fourth-order valence-corrected chi connectivity index (χ4v) is 10.9. The van der Waals surface area contributed by atoms with Gasteiger partial charge in [-0.05, 0) is 108 Å². The molecule has 1 nitrogen and oxygen atoms in total. The predicted molar refractivity (Wildman–Crippen MR) is 245 cm³/mol. The van der Waals surface area contributed by atoms with Gasteiger partial charge in [-0.15, -0.1) is 0 Å². The number of rotatable bonds is 5. The average Bonchev–Trinajstić information content (AvgIpc) is 3.74. The maximum atomic E-state index is 2.53. The Labute approximate surface area is 343 Å². The quantitative estimate of drug-likeness (QED) is 0.170. The SMILES string of the molecule is CC1(C)c2ccccc2-c2cc(-c3ccc(N(c4ccccc4-c4cccc5c4-c4ccccc4C5(C)C)c4cccc5c4-c4ccccc4C5(C)C)cc3)ccc21. The van der Waals surface area contributed by atoms with Crippen LogP contribution in [-0.4, -0.2) is 0 Å². The molecule has 0 amide bonds. The van der Waals surface area contributed by atoms with Crippen molar-refractivity contribution < 1.29 is 0 Å². The summed E-state index contributed by atoms with van der Waals surface area (Å²) in [6.45, 7) is 14.2. The molecule has 0 saturated heterocycles. The molecule has 0 radical (unpaired) electrons. The van der Waals surface area contributed by atoms with E-state index < -0.39 is 0 Å². The number of hydrogen-bond donors (Lipinski definition) is 0. The number of anilines is 3. The smallest absolute Gasteiger partial charge is 0.0543 e. The van der Waals surface area contributed by atoms with Crippen LogP contribution in [0.3, 0.4) is 0 Å². The summed E-state index contributed by atoms with van der Waals surface area (Å²) in [6.07, 6.45) is 0. The van der Waals surface area contributed by atoms with E-state index in [1.807, 2.05) is 0 Å². The highest BCUT2D eigenvalue weighted by molar-refractivity contribution is 6.01. The first kappa shape index (κ1) is 34.8. The van der Waals surface area contributed by atoms with Gasteiger partial charge in [0.15, 0.2) is 0 Å². The molecule has 8 aromatic rings. The van der Waals surface area contributed by atoms with Crippen LogP contribution in [0.1, 0.15) is 74.9 Å². The second-order valence-electron chi connectivity index (χ2n) is 18.1. The van der Waals surface area contributed by atoms with Crippen LogP contribution < -0.4 is 4.90 Å². The fourth-order valence-electron chi connectivity index (χ4n) is 10.9. The first-order chi connectivity index (χ1) is 28.1. The largest absolute Gasteiger partial charge is 0.309 e. The third-order valence-electron chi connectivity index (χ3n) is 13.9. The molecule has 0 N–H and O–H groups in total. The Hall–Kier alpha value is -6.44. The van der Waals surface area contributed by atoms with E-state index in [-0.39, 0.29) is 16.2 Å². The van der Waals surface area contributed by atoms with Gasteiger partial charge in [-0.3, -0.25) is 0 Å². The monoisotopic (exact) mass is 745 g/mol. The molecule has 0 aliphatic heterocycles. The van der Waals surface area contributed by atoms with E-state index in [9.17, 15) is 0 Å². The highest BCUT2D eigenvalue weighted by Gasteiger charge is 2.40. The molecule has 0 unspecified atom stereocenters. The van der Waals surface area contributed by atoms with E-state index in [1.165, 1.54) is 94.7 Å². The summed E-state index contributed by atoms with van der Waals surface area (Å²) < 4.78 is 0. The van der Waals surface area contributed by atoms with Gasteiger partial charge in [0.25, 0.3) is 0 Å². The number of hydrogen-bond acceptors (Lipinski definition) is 1. The Kier molecular flexibility index (Phi) is 7.36. The molecule has 58 heavy (non-hydrogen) atoms. The maximum absolute atomic E-state index is 2.53. The number of nitrogens with zero attached hydrogens (tertiary/aromatic N) is 1. The van der Waals surface area contributed by atoms with Crippen LogP contribution in [0.4, 0.5) is 17.1 Å².